The Morgan fingerprint density at radius 3 is 2.76 bits per heavy atom. The Kier molecular flexibility index (Phi) is 3.97. The summed E-state index contributed by atoms with van der Waals surface area (Å²) < 4.78 is 1.02. The van der Waals surface area contributed by atoms with Gasteiger partial charge in [0.15, 0.2) is 0 Å². The molecule has 0 radical (unpaired) electrons. The van der Waals surface area contributed by atoms with Gasteiger partial charge in [-0.05, 0) is 36.2 Å². The van der Waals surface area contributed by atoms with Gasteiger partial charge in [-0.3, -0.25) is 4.79 Å². The quantitative estimate of drug-likeness (QED) is 0.893. The van der Waals surface area contributed by atoms with Crippen LogP contribution in [0.15, 0.2) is 53.0 Å². The van der Waals surface area contributed by atoms with E-state index in [1.165, 1.54) is 0 Å². The number of nitrogens with zero attached hydrogens (tertiary/aromatic N) is 1. The molecule has 0 aromatic heterocycles. The van der Waals surface area contributed by atoms with Gasteiger partial charge in [-0.2, -0.15) is 0 Å². The van der Waals surface area contributed by atoms with E-state index >= 15 is 0 Å². The summed E-state index contributed by atoms with van der Waals surface area (Å²) in [7, 11) is 0. The maximum absolute atomic E-state index is 12.7. The van der Waals surface area contributed by atoms with E-state index in [4.69, 9.17) is 0 Å². The first kappa shape index (κ1) is 14.1. The molecule has 1 aliphatic rings. The Hall–Kier alpha value is -1.81. The van der Waals surface area contributed by atoms with Gasteiger partial charge in [0, 0.05) is 16.7 Å². The molecule has 3 nitrogen and oxygen atoms in total. The van der Waals surface area contributed by atoms with Crippen LogP contribution in [0.1, 0.15) is 35.4 Å². The molecule has 0 spiro atoms. The molecule has 1 atom stereocenters. The van der Waals surface area contributed by atoms with Crippen molar-refractivity contribution in [3.05, 3.63) is 64.1 Å². The molecule has 4 heteroatoms. The molecule has 1 N–H and O–H groups in total. The molecule has 0 fully saturated rings. The highest BCUT2D eigenvalue weighted by Crippen LogP contribution is 2.33. The van der Waals surface area contributed by atoms with Gasteiger partial charge >= 0.3 is 0 Å². The van der Waals surface area contributed by atoms with Gasteiger partial charge < -0.3 is 10.2 Å². The third-order valence-corrected chi connectivity index (χ3v) is 4.14. The van der Waals surface area contributed by atoms with Crippen LogP contribution in [0.4, 0.5) is 5.69 Å². The number of para-hydroxylation sites is 1. The van der Waals surface area contributed by atoms with Crippen molar-refractivity contribution in [3.8, 4) is 0 Å². The second-order valence-corrected chi connectivity index (χ2v) is 6.06. The average molecular weight is 345 g/mol. The van der Waals surface area contributed by atoms with Gasteiger partial charge in [0.05, 0.1) is 5.56 Å². The van der Waals surface area contributed by atoms with Crippen LogP contribution in [0.2, 0.25) is 0 Å². The summed E-state index contributed by atoms with van der Waals surface area (Å²) in [5.74, 6) is 0.0937. The molecular weight excluding hydrogens is 328 g/mol. The number of carbonyl (C=O) groups is 1. The standard InChI is InChI=1S/C17H17BrN2O/c1-2-10-20-16(12-6-5-7-13(18)11-12)19-15-9-4-3-8-14(15)17(20)21/h3-9,11,16,19H,2,10H2,1H3/t16-/m1/s1. The number of hydrogen-bond donors (Lipinski definition) is 1. The topological polar surface area (TPSA) is 32.3 Å². The first-order chi connectivity index (χ1) is 10.2. The third-order valence-electron chi connectivity index (χ3n) is 3.65. The maximum Gasteiger partial charge on any atom is 0.257 e. The molecule has 21 heavy (non-hydrogen) atoms. The molecule has 0 saturated heterocycles. The molecule has 1 amide bonds. The number of anilines is 1. The van der Waals surface area contributed by atoms with Gasteiger partial charge in [-0.15, -0.1) is 0 Å². The fourth-order valence-corrected chi connectivity index (χ4v) is 3.12. The van der Waals surface area contributed by atoms with Crippen LogP contribution in [0, 0.1) is 0 Å². The van der Waals surface area contributed by atoms with Gasteiger partial charge in [0.1, 0.15) is 6.17 Å². The molecule has 0 saturated carbocycles. The lowest BCUT2D eigenvalue weighted by Gasteiger charge is -2.38. The highest BCUT2D eigenvalue weighted by molar-refractivity contribution is 9.10. The van der Waals surface area contributed by atoms with Crippen LogP contribution in [0.25, 0.3) is 0 Å². The molecule has 0 bridgehead atoms. The second-order valence-electron chi connectivity index (χ2n) is 5.15. The Morgan fingerprint density at radius 2 is 2.00 bits per heavy atom. The zero-order valence-electron chi connectivity index (χ0n) is 11.8. The minimum absolute atomic E-state index is 0.0937. The van der Waals surface area contributed by atoms with Crippen LogP contribution >= 0.6 is 15.9 Å². The molecule has 2 aromatic rings. The molecule has 108 valence electrons. The lowest BCUT2D eigenvalue weighted by molar-refractivity contribution is 0.0683. The Bertz CT molecular complexity index is 671. The average Bonchev–Trinajstić information content (AvgIpc) is 2.50. The predicted molar refractivity (Wildman–Crippen MR) is 88.3 cm³/mol. The van der Waals surface area contributed by atoms with E-state index < -0.39 is 0 Å². The summed E-state index contributed by atoms with van der Waals surface area (Å²) in [6.45, 7) is 2.82. The summed E-state index contributed by atoms with van der Waals surface area (Å²) >= 11 is 3.50. The number of amides is 1. The van der Waals surface area contributed by atoms with E-state index in [0.717, 1.165) is 34.3 Å². The zero-order chi connectivity index (χ0) is 14.8. The second kappa shape index (κ2) is 5.90. The Balaban J connectivity index is 2.04. The summed E-state index contributed by atoms with van der Waals surface area (Å²) in [5.41, 5.74) is 2.73. The van der Waals surface area contributed by atoms with E-state index in [1.807, 2.05) is 47.4 Å². The number of fused-ring (bicyclic) bond motifs is 1. The van der Waals surface area contributed by atoms with Crippen molar-refractivity contribution in [2.24, 2.45) is 0 Å². The summed E-state index contributed by atoms with van der Waals surface area (Å²) in [4.78, 5) is 14.7. The van der Waals surface area contributed by atoms with Crippen LogP contribution < -0.4 is 5.32 Å². The van der Waals surface area contributed by atoms with Gasteiger partial charge in [-0.1, -0.05) is 47.1 Å². The largest absolute Gasteiger partial charge is 0.361 e. The van der Waals surface area contributed by atoms with Crippen molar-refractivity contribution in [1.82, 2.24) is 4.90 Å². The number of rotatable bonds is 3. The van der Waals surface area contributed by atoms with E-state index in [9.17, 15) is 4.79 Å². The molecule has 1 heterocycles. The van der Waals surface area contributed by atoms with Crippen molar-refractivity contribution >= 4 is 27.5 Å². The smallest absolute Gasteiger partial charge is 0.257 e. The lowest BCUT2D eigenvalue weighted by atomic mass is 10.0. The molecule has 3 rings (SSSR count). The molecule has 1 aliphatic heterocycles. The van der Waals surface area contributed by atoms with Crippen LogP contribution in [0.5, 0.6) is 0 Å². The minimum Gasteiger partial charge on any atom is -0.361 e. The van der Waals surface area contributed by atoms with Crippen LogP contribution in [-0.4, -0.2) is 17.4 Å². The van der Waals surface area contributed by atoms with Gasteiger partial charge in [-0.25, -0.2) is 0 Å². The maximum atomic E-state index is 12.7. The highest BCUT2D eigenvalue weighted by atomic mass is 79.9. The van der Waals surface area contributed by atoms with Crippen molar-refractivity contribution in [2.45, 2.75) is 19.5 Å². The number of nitrogens with one attached hydrogen (secondary N) is 1. The zero-order valence-corrected chi connectivity index (χ0v) is 13.4. The Labute approximate surface area is 133 Å². The minimum atomic E-state index is -0.121. The molecule has 0 unspecified atom stereocenters. The van der Waals surface area contributed by atoms with Gasteiger partial charge in [0.2, 0.25) is 0 Å². The number of benzene rings is 2. The van der Waals surface area contributed by atoms with Crippen molar-refractivity contribution in [1.29, 1.82) is 0 Å². The monoisotopic (exact) mass is 344 g/mol. The third kappa shape index (κ3) is 2.68. The van der Waals surface area contributed by atoms with Crippen LogP contribution in [0.3, 0.4) is 0 Å². The number of carbonyl (C=O) groups excluding carboxylic acids is 1. The number of hydrogen-bond acceptors (Lipinski definition) is 2. The van der Waals surface area contributed by atoms with E-state index in [2.05, 4.69) is 34.2 Å². The first-order valence-electron chi connectivity index (χ1n) is 7.12. The van der Waals surface area contributed by atoms with Crippen molar-refractivity contribution in [2.75, 3.05) is 11.9 Å². The van der Waals surface area contributed by atoms with Crippen LogP contribution in [-0.2, 0) is 0 Å². The van der Waals surface area contributed by atoms with E-state index in [0.29, 0.717) is 0 Å². The fourth-order valence-electron chi connectivity index (χ4n) is 2.70. The summed E-state index contributed by atoms with van der Waals surface area (Å²) in [6.07, 6.45) is 0.810. The normalized spacial score (nSPS) is 17.3. The Morgan fingerprint density at radius 1 is 1.19 bits per heavy atom. The molecule has 2 aromatic carbocycles. The van der Waals surface area contributed by atoms with E-state index in [-0.39, 0.29) is 12.1 Å². The van der Waals surface area contributed by atoms with Gasteiger partial charge in [0.25, 0.3) is 5.91 Å². The predicted octanol–water partition coefficient (Wildman–Crippen LogP) is 4.43. The van der Waals surface area contributed by atoms with E-state index in [1.54, 1.807) is 0 Å². The summed E-state index contributed by atoms with van der Waals surface area (Å²) in [6, 6.07) is 15.8. The SMILES string of the molecule is CCCN1C(=O)c2ccccc2N[C@H]1c1cccc(Br)c1. The molecule has 0 aliphatic carbocycles. The molecular formula is C17H17BrN2O. The van der Waals surface area contributed by atoms with Crippen molar-refractivity contribution < 1.29 is 4.79 Å². The number of halogens is 1. The lowest BCUT2D eigenvalue weighted by Crippen LogP contribution is -2.43. The summed E-state index contributed by atoms with van der Waals surface area (Å²) in [5, 5.41) is 3.49. The van der Waals surface area contributed by atoms with Crippen molar-refractivity contribution in [3.63, 3.8) is 0 Å². The first-order valence-corrected chi connectivity index (χ1v) is 7.92. The highest BCUT2D eigenvalue weighted by Gasteiger charge is 2.31. The fraction of sp³-hybridized carbons (Fsp3) is 0.235.